The summed E-state index contributed by atoms with van der Waals surface area (Å²) in [7, 11) is 0. The maximum Gasteiger partial charge on any atom is 0.339 e. The second-order valence-electron chi connectivity index (χ2n) is 5.26. The Bertz CT molecular complexity index is 662. The van der Waals surface area contributed by atoms with E-state index in [1.54, 1.807) is 23.0 Å². The third-order valence-corrected chi connectivity index (χ3v) is 3.78. The number of hydrogen-bond donors (Lipinski definition) is 1. The highest BCUT2D eigenvalue weighted by molar-refractivity contribution is 5.94. The number of benzene rings is 1. The van der Waals surface area contributed by atoms with Crippen molar-refractivity contribution in [3.8, 4) is 11.3 Å². The summed E-state index contributed by atoms with van der Waals surface area (Å²) in [4.78, 5) is 11.4. The van der Waals surface area contributed by atoms with Gasteiger partial charge in [0.2, 0.25) is 0 Å². The molecule has 1 aliphatic rings. The van der Waals surface area contributed by atoms with E-state index < -0.39 is 11.8 Å². The van der Waals surface area contributed by atoms with E-state index >= 15 is 0 Å². The van der Waals surface area contributed by atoms with E-state index in [9.17, 15) is 14.3 Å². The number of carboxylic acid groups (broad SMARTS) is 1. The smallest absolute Gasteiger partial charge is 0.339 e. The molecule has 1 aromatic carbocycles. The van der Waals surface area contributed by atoms with E-state index in [-0.39, 0.29) is 11.6 Å². The molecule has 1 heterocycles. The van der Waals surface area contributed by atoms with Gasteiger partial charge in [0.15, 0.2) is 0 Å². The average molecular weight is 274 g/mol. The number of aromatic nitrogens is 2. The molecule has 20 heavy (non-hydrogen) atoms. The van der Waals surface area contributed by atoms with Crippen LogP contribution >= 0.6 is 0 Å². The Balaban J connectivity index is 2.06. The van der Waals surface area contributed by atoms with Crippen molar-refractivity contribution in [3.05, 3.63) is 41.8 Å². The maximum absolute atomic E-state index is 13.3. The molecule has 0 bridgehead atoms. The molecular formula is C15H15FN2O2. The van der Waals surface area contributed by atoms with Gasteiger partial charge in [-0.3, -0.25) is 4.68 Å². The van der Waals surface area contributed by atoms with Crippen molar-refractivity contribution in [2.24, 2.45) is 5.92 Å². The molecule has 3 rings (SSSR count). The highest BCUT2D eigenvalue weighted by Gasteiger charge is 2.31. The van der Waals surface area contributed by atoms with Gasteiger partial charge in [0.25, 0.3) is 0 Å². The fraction of sp³-hybridized carbons (Fsp3) is 0.333. The number of halogens is 1. The molecule has 2 aromatic rings. The summed E-state index contributed by atoms with van der Waals surface area (Å²) >= 11 is 0. The zero-order valence-electron chi connectivity index (χ0n) is 11.1. The number of hydrogen-bond acceptors (Lipinski definition) is 2. The summed E-state index contributed by atoms with van der Waals surface area (Å²) in [6.45, 7) is 2.03. The minimum Gasteiger partial charge on any atom is -0.478 e. The molecule has 1 N–H and O–H groups in total. The fourth-order valence-corrected chi connectivity index (χ4v) is 2.40. The average Bonchev–Trinajstić information content (AvgIpc) is 3.15. The van der Waals surface area contributed by atoms with Crippen LogP contribution in [0.25, 0.3) is 11.3 Å². The first kappa shape index (κ1) is 12.8. The van der Waals surface area contributed by atoms with E-state index in [1.165, 1.54) is 12.1 Å². The molecule has 1 aliphatic carbocycles. The number of rotatable bonds is 4. The lowest BCUT2D eigenvalue weighted by atomic mass is 10.1. The van der Waals surface area contributed by atoms with E-state index in [2.05, 4.69) is 5.10 Å². The van der Waals surface area contributed by atoms with Gasteiger partial charge >= 0.3 is 5.97 Å². The van der Waals surface area contributed by atoms with Crippen molar-refractivity contribution < 1.29 is 14.3 Å². The zero-order valence-corrected chi connectivity index (χ0v) is 11.1. The van der Waals surface area contributed by atoms with E-state index in [4.69, 9.17) is 0 Å². The molecule has 104 valence electrons. The lowest BCUT2D eigenvalue weighted by Gasteiger charge is -2.09. The molecule has 4 nitrogen and oxygen atoms in total. The molecule has 1 unspecified atom stereocenters. The van der Waals surface area contributed by atoms with Crippen LogP contribution in [0.5, 0.6) is 0 Å². The summed E-state index contributed by atoms with van der Waals surface area (Å²) in [5.41, 5.74) is 0.928. The van der Waals surface area contributed by atoms with Crippen molar-refractivity contribution in [1.82, 2.24) is 9.78 Å². The number of aromatic carboxylic acids is 1. The predicted molar refractivity (Wildman–Crippen MR) is 72.0 cm³/mol. The minimum absolute atomic E-state index is 0.114. The number of carbonyl (C=O) groups is 1. The van der Waals surface area contributed by atoms with Crippen LogP contribution in [-0.4, -0.2) is 20.9 Å². The Hall–Kier alpha value is -2.17. The van der Waals surface area contributed by atoms with Crippen molar-refractivity contribution in [1.29, 1.82) is 0 Å². The van der Waals surface area contributed by atoms with Crippen LogP contribution in [-0.2, 0) is 0 Å². The molecule has 0 radical (unpaired) electrons. The highest BCUT2D eigenvalue weighted by Crippen LogP contribution is 2.39. The first-order chi connectivity index (χ1) is 9.56. The maximum atomic E-state index is 13.3. The lowest BCUT2D eigenvalue weighted by molar-refractivity contribution is 0.0697. The van der Waals surface area contributed by atoms with Gasteiger partial charge in [-0.05, 0) is 37.8 Å². The monoisotopic (exact) mass is 274 g/mol. The van der Waals surface area contributed by atoms with Crippen LogP contribution < -0.4 is 0 Å². The molecule has 1 fully saturated rings. The van der Waals surface area contributed by atoms with Crippen molar-refractivity contribution in [2.75, 3.05) is 0 Å². The van der Waals surface area contributed by atoms with Crippen LogP contribution in [0.3, 0.4) is 0 Å². The number of nitrogens with zero attached hydrogens (tertiary/aromatic N) is 2. The summed E-state index contributed by atoms with van der Waals surface area (Å²) < 4.78 is 15.0. The Kier molecular flexibility index (Phi) is 3.04. The molecule has 0 spiro atoms. The minimum atomic E-state index is -1.04. The first-order valence-electron chi connectivity index (χ1n) is 6.64. The van der Waals surface area contributed by atoms with Gasteiger partial charge in [-0.25, -0.2) is 9.18 Å². The van der Waals surface area contributed by atoms with Gasteiger partial charge in [0.1, 0.15) is 17.1 Å². The Morgan fingerprint density at radius 3 is 2.85 bits per heavy atom. The third-order valence-electron chi connectivity index (χ3n) is 3.78. The van der Waals surface area contributed by atoms with Crippen LogP contribution in [0, 0.1) is 11.7 Å². The highest BCUT2D eigenvalue weighted by atomic mass is 19.1. The van der Waals surface area contributed by atoms with Gasteiger partial charge < -0.3 is 5.11 Å². The van der Waals surface area contributed by atoms with Crippen LogP contribution in [0.2, 0.25) is 0 Å². The standard InChI is InChI=1S/C15H15FN2O2/c1-9(10-5-6-10)18-8-13(15(19)20)14(17-18)11-3-2-4-12(16)7-11/h2-4,7-10H,5-6H2,1H3,(H,19,20). The molecule has 0 amide bonds. The summed E-state index contributed by atoms with van der Waals surface area (Å²) in [5.74, 6) is -0.876. The molecular weight excluding hydrogens is 259 g/mol. The van der Waals surface area contributed by atoms with Gasteiger partial charge in [0.05, 0.1) is 6.04 Å². The van der Waals surface area contributed by atoms with Crippen LogP contribution in [0.1, 0.15) is 36.2 Å². The number of carboxylic acids is 1. The lowest BCUT2D eigenvalue weighted by Crippen LogP contribution is -2.07. The molecule has 1 saturated carbocycles. The van der Waals surface area contributed by atoms with Crippen LogP contribution in [0.15, 0.2) is 30.5 Å². The quantitative estimate of drug-likeness (QED) is 0.930. The summed E-state index contributed by atoms with van der Waals surface area (Å²) in [6, 6.07) is 6.04. The van der Waals surface area contributed by atoms with E-state index in [0.717, 1.165) is 12.8 Å². The third kappa shape index (κ3) is 2.31. The second kappa shape index (κ2) is 4.74. The molecule has 5 heteroatoms. The zero-order chi connectivity index (χ0) is 14.3. The van der Waals surface area contributed by atoms with Gasteiger partial charge in [-0.2, -0.15) is 5.10 Å². The van der Waals surface area contributed by atoms with Gasteiger partial charge in [0, 0.05) is 11.8 Å². The second-order valence-corrected chi connectivity index (χ2v) is 5.26. The predicted octanol–water partition coefficient (Wildman–Crippen LogP) is 3.36. The normalized spacial score (nSPS) is 16.1. The Morgan fingerprint density at radius 2 is 2.25 bits per heavy atom. The summed E-state index contributed by atoms with van der Waals surface area (Å²) in [6.07, 6.45) is 3.85. The Morgan fingerprint density at radius 1 is 1.50 bits per heavy atom. The van der Waals surface area contributed by atoms with Crippen molar-refractivity contribution >= 4 is 5.97 Å². The largest absolute Gasteiger partial charge is 0.478 e. The summed E-state index contributed by atoms with van der Waals surface area (Å²) in [5, 5.41) is 13.7. The van der Waals surface area contributed by atoms with E-state index in [1.807, 2.05) is 6.92 Å². The molecule has 1 aromatic heterocycles. The molecule has 1 atom stereocenters. The van der Waals surface area contributed by atoms with Crippen LogP contribution in [0.4, 0.5) is 4.39 Å². The SMILES string of the molecule is CC(C1CC1)n1cc(C(=O)O)c(-c2cccc(F)c2)n1. The molecule has 0 saturated heterocycles. The fourth-order valence-electron chi connectivity index (χ4n) is 2.40. The van der Waals surface area contributed by atoms with Crippen molar-refractivity contribution in [2.45, 2.75) is 25.8 Å². The first-order valence-corrected chi connectivity index (χ1v) is 6.64. The van der Waals surface area contributed by atoms with Gasteiger partial charge in [-0.1, -0.05) is 12.1 Å². The van der Waals surface area contributed by atoms with Gasteiger partial charge in [-0.15, -0.1) is 0 Å². The topological polar surface area (TPSA) is 55.1 Å². The molecule has 0 aliphatic heterocycles. The Labute approximate surface area is 115 Å². The van der Waals surface area contributed by atoms with Crippen molar-refractivity contribution in [3.63, 3.8) is 0 Å². The van der Waals surface area contributed by atoms with E-state index in [0.29, 0.717) is 17.2 Å².